The fraction of sp³-hybridized carbons (Fsp3) is 0.111. The third-order valence-electron chi connectivity index (χ3n) is 4.32. The molecule has 0 saturated carbocycles. The zero-order chi connectivity index (χ0) is 17.0. The number of thiazole rings is 1. The lowest BCUT2D eigenvalue weighted by Crippen LogP contribution is -2.13. The van der Waals surface area contributed by atoms with Crippen LogP contribution in [0.4, 0.5) is 0 Å². The maximum Gasteiger partial charge on any atom is 0.281 e. The van der Waals surface area contributed by atoms with E-state index in [9.17, 15) is 4.79 Å². The van der Waals surface area contributed by atoms with E-state index in [4.69, 9.17) is 9.47 Å². The Morgan fingerprint density at radius 1 is 1.24 bits per heavy atom. The van der Waals surface area contributed by atoms with E-state index in [1.165, 1.54) is 11.3 Å². The summed E-state index contributed by atoms with van der Waals surface area (Å²) < 4.78 is 13.7. The maximum absolute atomic E-state index is 12.7. The van der Waals surface area contributed by atoms with Crippen molar-refractivity contribution < 1.29 is 14.3 Å². The molecule has 2 aromatic heterocycles. The summed E-state index contributed by atoms with van der Waals surface area (Å²) in [5, 5.41) is 0.876. The molecule has 0 unspecified atom stereocenters. The standard InChI is InChI=1S/C18H13N3O3S/c1-21-13-6-14-15(24-9-23-14)7-16(13)25-18(21)20-17(22)11-8-19-12-5-3-2-4-10(11)12/h2-8,19H,9H2,1H3. The summed E-state index contributed by atoms with van der Waals surface area (Å²) in [5.41, 5.74) is 2.45. The lowest BCUT2D eigenvalue weighted by Gasteiger charge is -1.98. The number of aromatic nitrogens is 2. The minimum absolute atomic E-state index is 0.243. The molecule has 0 radical (unpaired) electrons. The normalized spacial score (nSPS) is 13.9. The van der Waals surface area contributed by atoms with Gasteiger partial charge < -0.3 is 19.0 Å². The third kappa shape index (κ3) is 2.16. The number of amides is 1. The van der Waals surface area contributed by atoms with Crippen LogP contribution in [0, 0.1) is 0 Å². The number of benzene rings is 2. The molecule has 124 valence electrons. The number of para-hydroxylation sites is 1. The molecule has 25 heavy (non-hydrogen) atoms. The van der Waals surface area contributed by atoms with Crippen molar-refractivity contribution in [3.8, 4) is 11.5 Å². The molecular formula is C18H13N3O3S. The molecular weight excluding hydrogens is 338 g/mol. The SMILES string of the molecule is Cn1c(=NC(=O)c2c[nH]c3ccccc23)sc2cc3c(cc21)OCO3. The average Bonchev–Trinajstić information content (AvgIpc) is 3.31. The van der Waals surface area contributed by atoms with Gasteiger partial charge in [0.15, 0.2) is 16.3 Å². The number of nitrogens with one attached hydrogen (secondary N) is 1. The molecule has 7 heteroatoms. The Labute approximate surface area is 146 Å². The number of ether oxygens (including phenoxy) is 2. The first-order chi connectivity index (χ1) is 12.2. The van der Waals surface area contributed by atoms with Crippen molar-refractivity contribution in [2.45, 2.75) is 0 Å². The van der Waals surface area contributed by atoms with Gasteiger partial charge in [0.25, 0.3) is 5.91 Å². The van der Waals surface area contributed by atoms with Crippen LogP contribution in [0.1, 0.15) is 10.4 Å². The van der Waals surface area contributed by atoms with Crippen LogP contribution < -0.4 is 14.3 Å². The largest absolute Gasteiger partial charge is 0.454 e. The monoisotopic (exact) mass is 351 g/mol. The van der Waals surface area contributed by atoms with E-state index in [2.05, 4.69) is 9.98 Å². The van der Waals surface area contributed by atoms with Crippen LogP contribution in [0.15, 0.2) is 47.6 Å². The van der Waals surface area contributed by atoms with Gasteiger partial charge in [0.1, 0.15) is 0 Å². The number of aryl methyl sites for hydroxylation is 1. The van der Waals surface area contributed by atoms with Gasteiger partial charge in [0.05, 0.1) is 15.8 Å². The Hall–Kier alpha value is -3.06. The highest BCUT2D eigenvalue weighted by atomic mass is 32.1. The quantitative estimate of drug-likeness (QED) is 0.573. The molecule has 6 nitrogen and oxygen atoms in total. The van der Waals surface area contributed by atoms with Crippen LogP contribution in [-0.2, 0) is 7.05 Å². The van der Waals surface area contributed by atoms with Gasteiger partial charge in [-0.3, -0.25) is 4.79 Å². The van der Waals surface area contributed by atoms with Crippen LogP contribution in [0.3, 0.4) is 0 Å². The molecule has 0 saturated heterocycles. The first-order valence-corrected chi connectivity index (χ1v) is 8.57. The first kappa shape index (κ1) is 14.3. The molecule has 0 spiro atoms. The van der Waals surface area contributed by atoms with Crippen molar-refractivity contribution in [1.29, 1.82) is 0 Å². The number of carbonyl (C=O) groups excluding carboxylic acids is 1. The number of hydrogen-bond donors (Lipinski definition) is 1. The lowest BCUT2D eigenvalue weighted by atomic mass is 10.2. The fourth-order valence-corrected chi connectivity index (χ4v) is 4.05. The van der Waals surface area contributed by atoms with E-state index in [0.717, 1.165) is 32.6 Å². The van der Waals surface area contributed by atoms with Gasteiger partial charge in [-0.2, -0.15) is 4.99 Å². The summed E-state index contributed by atoms with van der Waals surface area (Å²) in [6.45, 7) is 0.243. The summed E-state index contributed by atoms with van der Waals surface area (Å²) in [4.78, 5) is 20.8. The zero-order valence-corrected chi connectivity index (χ0v) is 14.1. The summed E-state index contributed by atoms with van der Waals surface area (Å²) in [6.07, 6.45) is 1.71. The highest BCUT2D eigenvalue weighted by Crippen LogP contribution is 2.36. The summed E-state index contributed by atoms with van der Waals surface area (Å²) >= 11 is 1.45. The molecule has 4 aromatic rings. The van der Waals surface area contributed by atoms with Crippen molar-refractivity contribution in [3.63, 3.8) is 0 Å². The van der Waals surface area contributed by atoms with Crippen LogP contribution in [0.25, 0.3) is 21.1 Å². The van der Waals surface area contributed by atoms with E-state index in [1.54, 1.807) is 6.20 Å². The molecule has 0 aliphatic carbocycles. The number of aromatic amines is 1. The van der Waals surface area contributed by atoms with E-state index in [1.807, 2.05) is 48.0 Å². The Morgan fingerprint density at radius 2 is 2.04 bits per heavy atom. The minimum Gasteiger partial charge on any atom is -0.454 e. The van der Waals surface area contributed by atoms with Crippen molar-refractivity contribution in [1.82, 2.24) is 9.55 Å². The molecule has 2 aromatic carbocycles. The first-order valence-electron chi connectivity index (χ1n) is 7.75. The summed E-state index contributed by atoms with van der Waals surface area (Å²) in [7, 11) is 1.89. The van der Waals surface area contributed by atoms with Gasteiger partial charge in [-0.15, -0.1) is 0 Å². The molecule has 1 aliphatic heterocycles. The van der Waals surface area contributed by atoms with E-state index in [0.29, 0.717) is 10.4 Å². The molecule has 5 rings (SSSR count). The average molecular weight is 351 g/mol. The van der Waals surface area contributed by atoms with Gasteiger partial charge in [0.2, 0.25) is 6.79 Å². The zero-order valence-electron chi connectivity index (χ0n) is 13.3. The van der Waals surface area contributed by atoms with Crippen LogP contribution in [0.2, 0.25) is 0 Å². The van der Waals surface area contributed by atoms with E-state index < -0.39 is 0 Å². The minimum atomic E-state index is -0.264. The van der Waals surface area contributed by atoms with Gasteiger partial charge in [-0.25, -0.2) is 0 Å². The number of hydrogen-bond acceptors (Lipinski definition) is 4. The Bertz CT molecular complexity index is 1220. The second-order valence-electron chi connectivity index (χ2n) is 5.78. The molecule has 1 N–H and O–H groups in total. The second-order valence-corrected chi connectivity index (χ2v) is 6.79. The molecule has 0 fully saturated rings. The maximum atomic E-state index is 12.7. The Balaban J connectivity index is 1.65. The second kappa shape index (κ2) is 5.22. The topological polar surface area (TPSA) is 68.6 Å². The molecule has 0 atom stereocenters. The number of nitrogens with zero attached hydrogens (tertiary/aromatic N) is 2. The number of carbonyl (C=O) groups is 1. The lowest BCUT2D eigenvalue weighted by molar-refractivity contribution is 0.0999. The number of H-pyrrole nitrogens is 1. The highest BCUT2D eigenvalue weighted by Gasteiger charge is 2.17. The fourth-order valence-electron chi connectivity index (χ4n) is 3.02. The number of rotatable bonds is 1. The summed E-state index contributed by atoms with van der Waals surface area (Å²) in [6, 6.07) is 11.5. The van der Waals surface area contributed by atoms with Crippen LogP contribution in [0.5, 0.6) is 11.5 Å². The van der Waals surface area contributed by atoms with Gasteiger partial charge in [0, 0.05) is 36.3 Å². The van der Waals surface area contributed by atoms with Gasteiger partial charge in [-0.05, 0) is 6.07 Å². The third-order valence-corrected chi connectivity index (χ3v) is 5.42. The van der Waals surface area contributed by atoms with Crippen molar-refractivity contribution in [3.05, 3.63) is 53.0 Å². The van der Waals surface area contributed by atoms with Crippen LogP contribution >= 0.6 is 11.3 Å². The van der Waals surface area contributed by atoms with Gasteiger partial charge in [-0.1, -0.05) is 29.5 Å². The van der Waals surface area contributed by atoms with E-state index in [-0.39, 0.29) is 12.7 Å². The van der Waals surface area contributed by atoms with Crippen molar-refractivity contribution in [2.75, 3.05) is 6.79 Å². The molecule has 3 heterocycles. The van der Waals surface area contributed by atoms with Crippen molar-refractivity contribution >= 4 is 38.4 Å². The molecule has 0 bridgehead atoms. The predicted octanol–water partition coefficient (Wildman–Crippen LogP) is 3.19. The molecule has 1 amide bonds. The molecule has 1 aliphatic rings. The smallest absolute Gasteiger partial charge is 0.281 e. The van der Waals surface area contributed by atoms with Crippen molar-refractivity contribution in [2.24, 2.45) is 12.0 Å². The van der Waals surface area contributed by atoms with Crippen LogP contribution in [-0.4, -0.2) is 22.3 Å². The van der Waals surface area contributed by atoms with Gasteiger partial charge >= 0.3 is 0 Å². The predicted molar refractivity (Wildman–Crippen MR) is 95.1 cm³/mol. The number of fused-ring (bicyclic) bond motifs is 3. The summed E-state index contributed by atoms with van der Waals surface area (Å²) in [5.74, 6) is 1.18. The Morgan fingerprint density at radius 3 is 2.92 bits per heavy atom. The Kier molecular flexibility index (Phi) is 2.98. The van der Waals surface area contributed by atoms with E-state index >= 15 is 0 Å². The highest BCUT2D eigenvalue weighted by molar-refractivity contribution is 7.16.